The van der Waals surface area contributed by atoms with E-state index in [4.69, 9.17) is 20.9 Å². The van der Waals surface area contributed by atoms with Gasteiger partial charge in [0.15, 0.2) is 5.78 Å². The topological polar surface area (TPSA) is 122 Å². The van der Waals surface area contributed by atoms with Crippen LogP contribution in [-0.4, -0.2) is 24.3 Å². The number of nitrogens with two attached hydrogens (primary N) is 2. The lowest BCUT2D eigenvalue weighted by Gasteiger charge is -2.09. The van der Waals surface area contributed by atoms with Crippen molar-refractivity contribution in [2.24, 2.45) is 0 Å². The molecule has 3 aromatic rings. The molecule has 0 aliphatic carbocycles. The van der Waals surface area contributed by atoms with E-state index in [1.165, 1.54) is 24.3 Å². The molecular weight excluding hydrogens is 408 g/mol. The molecular formula is C25H22N2O5. The fourth-order valence-corrected chi connectivity index (χ4v) is 2.85. The van der Waals surface area contributed by atoms with Crippen molar-refractivity contribution >= 4 is 35.2 Å². The molecule has 3 rings (SSSR count). The molecule has 162 valence electrons. The molecule has 7 nitrogen and oxygen atoms in total. The van der Waals surface area contributed by atoms with Crippen LogP contribution in [-0.2, 0) is 9.53 Å². The number of ketones is 1. The van der Waals surface area contributed by atoms with Crippen molar-refractivity contribution in [2.45, 2.75) is 6.42 Å². The Morgan fingerprint density at radius 1 is 0.812 bits per heavy atom. The number of anilines is 2. The van der Waals surface area contributed by atoms with Crippen molar-refractivity contribution in [3.63, 3.8) is 0 Å². The highest BCUT2D eigenvalue weighted by Crippen LogP contribution is 2.21. The van der Waals surface area contributed by atoms with Crippen LogP contribution >= 0.6 is 0 Å². The van der Waals surface area contributed by atoms with Crippen LogP contribution in [0.4, 0.5) is 11.4 Å². The van der Waals surface area contributed by atoms with E-state index in [1.54, 1.807) is 54.6 Å². The third-order valence-electron chi connectivity index (χ3n) is 4.37. The van der Waals surface area contributed by atoms with Crippen LogP contribution in [0.15, 0.2) is 78.9 Å². The number of ether oxygens (including phenoxy) is 2. The van der Waals surface area contributed by atoms with E-state index in [-0.39, 0.29) is 24.4 Å². The van der Waals surface area contributed by atoms with Crippen molar-refractivity contribution in [3.05, 3.63) is 95.6 Å². The van der Waals surface area contributed by atoms with Gasteiger partial charge < -0.3 is 20.9 Å². The van der Waals surface area contributed by atoms with E-state index >= 15 is 0 Å². The van der Waals surface area contributed by atoms with Gasteiger partial charge in [-0.25, -0.2) is 4.79 Å². The first-order chi connectivity index (χ1) is 15.4. The summed E-state index contributed by atoms with van der Waals surface area (Å²) in [6.45, 7) is -0.170. The number of rotatable bonds is 8. The zero-order valence-electron chi connectivity index (χ0n) is 17.2. The number of hydrogen-bond acceptors (Lipinski definition) is 7. The maximum Gasteiger partial charge on any atom is 0.338 e. The quantitative estimate of drug-likeness (QED) is 0.183. The van der Waals surface area contributed by atoms with Gasteiger partial charge in [-0.2, -0.15) is 0 Å². The van der Waals surface area contributed by atoms with Crippen molar-refractivity contribution < 1.29 is 23.9 Å². The maximum absolute atomic E-state index is 12.3. The van der Waals surface area contributed by atoms with E-state index in [0.717, 1.165) is 0 Å². The summed E-state index contributed by atoms with van der Waals surface area (Å²) in [5.41, 5.74) is 13.3. The molecule has 0 spiro atoms. The summed E-state index contributed by atoms with van der Waals surface area (Å²) in [6.07, 6.45) is 2.85. The van der Waals surface area contributed by atoms with Gasteiger partial charge in [-0.15, -0.1) is 0 Å². The van der Waals surface area contributed by atoms with Crippen LogP contribution in [0.2, 0.25) is 0 Å². The van der Waals surface area contributed by atoms with E-state index in [1.807, 2.05) is 6.07 Å². The monoisotopic (exact) mass is 430 g/mol. The van der Waals surface area contributed by atoms with Gasteiger partial charge in [-0.1, -0.05) is 48.5 Å². The third kappa shape index (κ3) is 6.30. The van der Waals surface area contributed by atoms with E-state index in [0.29, 0.717) is 28.3 Å². The molecule has 0 radical (unpaired) electrons. The average molecular weight is 430 g/mol. The second-order valence-corrected chi connectivity index (χ2v) is 6.85. The maximum atomic E-state index is 12.3. The number of carbonyl (C=O) groups excluding carboxylic acids is 3. The van der Waals surface area contributed by atoms with Crippen molar-refractivity contribution in [2.75, 3.05) is 18.1 Å². The molecule has 0 fully saturated rings. The first kappa shape index (κ1) is 22.3. The predicted octanol–water partition coefficient (Wildman–Crippen LogP) is 3.90. The van der Waals surface area contributed by atoms with Crippen LogP contribution in [0.1, 0.15) is 32.7 Å². The highest BCUT2D eigenvalue weighted by molar-refractivity contribution is 6.06. The Bertz CT molecular complexity index is 1140. The molecule has 0 aromatic heterocycles. The Morgan fingerprint density at radius 2 is 1.47 bits per heavy atom. The molecule has 0 amide bonds. The summed E-state index contributed by atoms with van der Waals surface area (Å²) in [5.74, 6) is -1.09. The first-order valence-corrected chi connectivity index (χ1v) is 9.83. The van der Waals surface area contributed by atoms with Gasteiger partial charge in [0.2, 0.25) is 0 Å². The fraction of sp³-hybridized carbons (Fsp3) is 0.0800. The summed E-state index contributed by atoms with van der Waals surface area (Å²) < 4.78 is 10.5. The minimum atomic E-state index is -0.639. The zero-order valence-corrected chi connectivity index (χ0v) is 17.2. The lowest BCUT2D eigenvalue weighted by molar-refractivity contribution is -0.135. The van der Waals surface area contributed by atoms with Crippen LogP contribution in [0.25, 0.3) is 6.08 Å². The zero-order chi connectivity index (χ0) is 22.9. The number of benzene rings is 3. The summed E-state index contributed by atoms with van der Waals surface area (Å²) in [7, 11) is 0. The van der Waals surface area contributed by atoms with Gasteiger partial charge in [-0.3, -0.25) is 9.59 Å². The van der Waals surface area contributed by atoms with Crippen LogP contribution in [0.3, 0.4) is 0 Å². The fourth-order valence-electron chi connectivity index (χ4n) is 2.85. The molecule has 0 aliphatic rings. The normalized spacial score (nSPS) is 10.6. The molecule has 0 unspecified atom stereocenters. The Balaban J connectivity index is 1.56. The first-order valence-electron chi connectivity index (χ1n) is 9.83. The summed E-state index contributed by atoms with van der Waals surface area (Å²) in [6, 6.07) is 20.1. The number of allylic oxidation sites excluding steroid dienone is 1. The standard InChI is InChI=1S/C25H22N2O5/c26-20-14-19(15-21(27)16-20)25(30)31-13-12-24(29)32-23-9-5-4-8-18(23)10-11-22(28)17-6-2-1-3-7-17/h1-11,14-16H,12-13,26-27H2. The van der Waals surface area contributed by atoms with Crippen LogP contribution in [0.5, 0.6) is 5.75 Å². The summed E-state index contributed by atoms with van der Waals surface area (Å²) >= 11 is 0. The van der Waals surface area contributed by atoms with Gasteiger partial charge >= 0.3 is 11.9 Å². The number of para-hydroxylation sites is 1. The van der Waals surface area contributed by atoms with Crippen molar-refractivity contribution in [1.29, 1.82) is 0 Å². The minimum absolute atomic E-state index is 0.148. The number of nitrogen functional groups attached to an aromatic ring is 2. The molecule has 3 aromatic carbocycles. The molecule has 0 atom stereocenters. The van der Waals surface area contributed by atoms with Gasteiger partial charge in [0.05, 0.1) is 12.0 Å². The molecule has 0 heterocycles. The molecule has 0 aliphatic heterocycles. The van der Waals surface area contributed by atoms with Gasteiger partial charge in [0.25, 0.3) is 0 Å². The lowest BCUT2D eigenvalue weighted by Crippen LogP contribution is -2.14. The number of carbonyl (C=O) groups is 3. The molecule has 0 bridgehead atoms. The Hall–Kier alpha value is -4.39. The van der Waals surface area contributed by atoms with Crippen LogP contribution in [0, 0.1) is 0 Å². The van der Waals surface area contributed by atoms with Gasteiger partial charge in [0.1, 0.15) is 12.4 Å². The minimum Gasteiger partial charge on any atom is -0.461 e. The van der Waals surface area contributed by atoms with E-state index in [2.05, 4.69) is 0 Å². The van der Waals surface area contributed by atoms with Gasteiger partial charge in [0, 0.05) is 22.5 Å². The smallest absolute Gasteiger partial charge is 0.338 e. The molecule has 4 N–H and O–H groups in total. The van der Waals surface area contributed by atoms with Crippen molar-refractivity contribution in [1.82, 2.24) is 0 Å². The summed E-state index contributed by atoms with van der Waals surface area (Å²) in [5, 5.41) is 0. The predicted molar refractivity (Wildman–Crippen MR) is 122 cm³/mol. The summed E-state index contributed by atoms with van der Waals surface area (Å²) in [4.78, 5) is 36.5. The Kier molecular flexibility index (Phi) is 7.37. The molecule has 0 saturated carbocycles. The van der Waals surface area contributed by atoms with E-state index in [9.17, 15) is 14.4 Å². The Morgan fingerprint density at radius 3 is 2.19 bits per heavy atom. The lowest BCUT2D eigenvalue weighted by atomic mass is 10.1. The van der Waals surface area contributed by atoms with Crippen molar-refractivity contribution in [3.8, 4) is 5.75 Å². The number of hydrogen-bond donors (Lipinski definition) is 2. The average Bonchev–Trinajstić information content (AvgIpc) is 2.78. The number of esters is 2. The third-order valence-corrected chi connectivity index (χ3v) is 4.37. The van der Waals surface area contributed by atoms with E-state index < -0.39 is 11.9 Å². The molecule has 32 heavy (non-hydrogen) atoms. The second-order valence-electron chi connectivity index (χ2n) is 6.85. The van der Waals surface area contributed by atoms with Gasteiger partial charge in [-0.05, 0) is 36.4 Å². The molecule has 7 heteroatoms. The SMILES string of the molecule is Nc1cc(N)cc(C(=O)OCCC(=O)Oc2ccccc2C=CC(=O)c2ccccc2)c1. The highest BCUT2D eigenvalue weighted by Gasteiger charge is 2.12. The van der Waals surface area contributed by atoms with Crippen LogP contribution < -0.4 is 16.2 Å². The second kappa shape index (κ2) is 10.6. The largest absolute Gasteiger partial charge is 0.461 e. The highest BCUT2D eigenvalue weighted by atomic mass is 16.5. The Labute approximate surface area is 185 Å². The molecule has 0 saturated heterocycles.